The van der Waals surface area contributed by atoms with Crippen LogP contribution < -0.4 is 5.32 Å². The number of nitrogens with one attached hydrogen (secondary N) is 1. The molecule has 1 atom stereocenters. The van der Waals surface area contributed by atoms with Crippen molar-refractivity contribution in [3.63, 3.8) is 0 Å². The normalized spacial score (nSPS) is 16.7. The van der Waals surface area contributed by atoms with E-state index in [1.54, 1.807) is 16.8 Å². The van der Waals surface area contributed by atoms with E-state index in [1.807, 2.05) is 30.3 Å². The second-order valence-corrected chi connectivity index (χ2v) is 5.99. The van der Waals surface area contributed by atoms with Gasteiger partial charge >= 0.3 is 12.0 Å². The molecule has 0 bridgehead atoms. The largest absolute Gasteiger partial charge is 0.481 e. The molecule has 0 aliphatic carbocycles. The van der Waals surface area contributed by atoms with Crippen molar-refractivity contribution < 1.29 is 19.5 Å². The second-order valence-electron chi connectivity index (χ2n) is 5.99. The van der Waals surface area contributed by atoms with Crippen LogP contribution in [0.1, 0.15) is 18.4 Å². The average molecular weight is 333 g/mol. The topological polar surface area (TPSA) is 90.0 Å². The maximum absolute atomic E-state index is 12.0. The maximum atomic E-state index is 12.0. The third kappa shape index (κ3) is 4.97. The molecule has 1 aromatic rings. The van der Waals surface area contributed by atoms with Crippen molar-refractivity contribution in [1.29, 1.82) is 0 Å². The Labute approximate surface area is 141 Å². The molecule has 7 nitrogen and oxygen atoms in total. The highest BCUT2D eigenvalue weighted by atomic mass is 16.4. The number of urea groups is 1. The van der Waals surface area contributed by atoms with Crippen LogP contribution in [0.5, 0.6) is 0 Å². The van der Waals surface area contributed by atoms with Crippen LogP contribution in [0.4, 0.5) is 4.79 Å². The molecule has 1 aliphatic rings. The van der Waals surface area contributed by atoms with Crippen LogP contribution in [-0.2, 0) is 16.1 Å². The summed E-state index contributed by atoms with van der Waals surface area (Å²) in [4.78, 5) is 38.0. The van der Waals surface area contributed by atoms with Crippen LogP contribution in [-0.4, -0.2) is 59.5 Å². The number of carbonyl (C=O) groups excluding carboxylic acids is 2. The number of hydrogen-bond acceptors (Lipinski definition) is 3. The van der Waals surface area contributed by atoms with Gasteiger partial charge in [-0.15, -0.1) is 0 Å². The van der Waals surface area contributed by atoms with Gasteiger partial charge in [-0.2, -0.15) is 0 Å². The van der Waals surface area contributed by atoms with Gasteiger partial charge in [0, 0.05) is 39.6 Å². The van der Waals surface area contributed by atoms with Crippen molar-refractivity contribution in [2.45, 2.75) is 19.4 Å². The van der Waals surface area contributed by atoms with Crippen molar-refractivity contribution in [1.82, 2.24) is 15.1 Å². The van der Waals surface area contributed by atoms with Crippen LogP contribution >= 0.6 is 0 Å². The molecule has 3 amide bonds. The van der Waals surface area contributed by atoms with Crippen LogP contribution in [0.15, 0.2) is 30.3 Å². The quantitative estimate of drug-likeness (QED) is 0.817. The maximum Gasteiger partial charge on any atom is 0.317 e. The number of likely N-dealkylation sites (tertiary alicyclic amines) is 1. The fourth-order valence-electron chi connectivity index (χ4n) is 2.69. The summed E-state index contributed by atoms with van der Waals surface area (Å²) in [6, 6.07) is 9.40. The molecular weight excluding hydrogens is 310 g/mol. The molecule has 0 radical (unpaired) electrons. The van der Waals surface area contributed by atoms with Crippen molar-refractivity contribution in [2.24, 2.45) is 5.92 Å². The highest BCUT2D eigenvalue weighted by Crippen LogP contribution is 2.16. The van der Waals surface area contributed by atoms with Gasteiger partial charge in [-0.05, 0) is 12.0 Å². The number of carboxylic acids is 1. The van der Waals surface area contributed by atoms with Gasteiger partial charge in [-0.3, -0.25) is 9.59 Å². The number of aliphatic carboxylic acids is 1. The monoisotopic (exact) mass is 333 g/mol. The summed E-state index contributed by atoms with van der Waals surface area (Å²) in [5.41, 5.74) is 1.03. The number of carboxylic acid groups (broad SMARTS) is 1. The summed E-state index contributed by atoms with van der Waals surface area (Å²) in [7, 11) is 1.70. The molecule has 7 heteroatoms. The molecule has 1 fully saturated rings. The molecule has 1 heterocycles. The molecule has 0 spiro atoms. The Balaban J connectivity index is 1.68. The Kier molecular flexibility index (Phi) is 6.17. The molecule has 1 unspecified atom stereocenters. The third-order valence-electron chi connectivity index (χ3n) is 4.11. The highest BCUT2D eigenvalue weighted by molar-refractivity contribution is 5.80. The Morgan fingerprint density at radius 1 is 1.29 bits per heavy atom. The molecular formula is C17H23N3O4. The second kappa shape index (κ2) is 8.33. The van der Waals surface area contributed by atoms with Gasteiger partial charge in [-0.1, -0.05) is 30.3 Å². The fraction of sp³-hybridized carbons (Fsp3) is 0.471. The Morgan fingerprint density at radius 3 is 2.62 bits per heavy atom. The molecule has 2 rings (SSSR count). The van der Waals surface area contributed by atoms with Gasteiger partial charge in [0.2, 0.25) is 5.91 Å². The number of benzene rings is 1. The Bertz CT molecular complexity index is 591. The minimum atomic E-state index is -0.860. The van der Waals surface area contributed by atoms with E-state index in [-0.39, 0.29) is 31.4 Å². The van der Waals surface area contributed by atoms with E-state index in [1.165, 1.54) is 0 Å². The lowest BCUT2D eigenvalue weighted by Crippen LogP contribution is -2.39. The number of amides is 3. The SMILES string of the molecule is CN(Cc1ccccc1)C(=O)NCCC(=O)N1CCC(C(=O)O)C1. The summed E-state index contributed by atoms with van der Waals surface area (Å²) in [5, 5.41) is 11.7. The van der Waals surface area contributed by atoms with Gasteiger partial charge in [0.15, 0.2) is 0 Å². The molecule has 130 valence electrons. The molecule has 2 N–H and O–H groups in total. The summed E-state index contributed by atoms with van der Waals surface area (Å²) in [5.74, 6) is -1.45. The van der Waals surface area contributed by atoms with Crippen molar-refractivity contribution in [3.8, 4) is 0 Å². The van der Waals surface area contributed by atoms with E-state index < -0.39 is 11.9 Å². The Morgan fingerprint density at radius 2 is 2.00 bits per heavy atom. The first-order valence-electron chi connectivity index (χ1n) is 8.01. The summed E-state index contributed by atoms with van der Waals surface area (Å²) >= 11 is 0. The van der Waals surface area contributed by atoms with Crippen LogP contribution in [0, 0.1) is 5.92 Å². The van der Waals surface area contributed by atoms with Crippen LogP contribution in [0.2, 0.25) is 0 Å². The van der Waals surface area contributed by atoms with E-state index in [9.17, 15) is 14.4 Å². The standard InChI is InChI=1S/C17H23N3O4/c1-19(11-13-5-3-2-4-6-13)17(24)18-9-7-15(21)20-10-8-14(12-20)16(22)23/h2-6,14H,7-12H2,1H3,(H,18,24)(H,22,23). The molecule has 1 aliphatic heterocycles. The van der Waals surface area contributed by atoms with E-state index in [0.717, 1.165) is 5.56 Å². The van der Waals surface area contributed by atoms with Gasteiger partial charge in [-0.25, -0.2) is 4.79 Å². The first-order valence-corrected chi connectivity index (χ1v) is 8.01. The van der Waals surface area contributed by atoms with Gasteiger partial charge in [0.25, 0.3) is 0 Å². The zero-order valence-electron chi connectivity index (χ0n) is 13.8. The lowest BCUT2D eigenvalue weighted by Gasteiger charge is -2.19. The number of carbonyl (C=O) groups is 3. The highest BCUT2D eigenvalue weighted by Gasteiger charge is 2.30. The Hall–Kier alpha value is -2.57. The van der Waals surface area contributed by atoms with Crippen molar-refractivity contribution in [2.75, 3.05) is 26.7 Å². The molecule has 1 aromatic carbocycles. The lowest BCUT2D eigenvalue weighted by atomic mass is 10.1. The zero-order chi connectivity index (χ0) is 17.5. The summed E-state index contributed by atoms with van der Waals surface area (Å²) in [6.45, 7) is 1.46. The van der Waals surface area contributed by atoms with E-state index in [4.69, 9.17) is 5.11 Å². The van der Waals surface area contributed by atoms with Crippen molar-refractivity contribution >= 4 is 17.9 Å². The van der Waals surface area contributed by atoms with E-state index in [2.05, 4.69) is 5.32 Å². The van der Waals surface area contributed by atoms with Crippen LogP contribution in [0.3, 0.4) is 0 Å². The van der Waals surface area contributed by atoms with E-state index >= 15 is 0 Å². The van der Waals surface area contributed by atoms with Crippen molar-refractivity contribution in [3.05, 3.63) is 35.9 Å². The number of hydrogen-bond donors (Lipinski definition) is 2. The average Bonchev–Trinajstić information content (AvgIpc) is 3.06. The number of rotatable bonds is 6. The van der Waals surface area contributed by atoms with Gasteiger partial charge < -0.3 is 20.2 Å². The minimum Gasteiger partial charge on any atom is -0.481 e. The predicted octanol–water partition coefficient (Wildman–Crippen LogP) is 1.15. The van der Waals surface area contributed by atoms with Crippen LogP contribution in [0.25, 0.3) is 0 Å². The third-order valence-corrected chi connectivity index (χ3v) is 4.11. The smallest absolute Gasteiger partial charge is 0.317 e. The summed E-state index contributed by atoms with van der Waals surface area (Å²) in [6.07, 6.45) is 0.671. The molecule has 0 aromatic heterocycles. The zero-order valence-corrected chi connectivity index (χ0v) is 13.8. The van der Waals surface area contributed by atoms with Gasteiger partial charge in [0.05, 0.1) is 5.92 Å². The first-order chi connectivity index (χ1) is 11.5. The fourth-order valence-corrected chi connectivity index (χ4v) is 2.69. The molecule has 1 saturated heterocycles. The first kappa shape index (κ1) is 17.8. The number of nitrogens with zero attached hydrogens (tertiary/aromatic N) is 2. The van der Waals surface area contributed by atoms with E-state index in [0.29, 0.717) is 19.5 Å². The van der Waals surface area contributed by atoms with Gasteiger partial charge in [0.1, 0.15) is 0 Å². The lowest BCUT2D eigenvalue weighted by molar-refractivity contribution is -0.141. The molecule has 0 saturated carbocycles. The summed E-state index contributed by atoms with van der Waals surface area (Å²) < 4.78 is 0. The molecule has 24 heavy (non-hydrogen) atoms. The predicted molar refractivity (Wildman–Crippen MR) is 88.2 cm³/mol. The minimum absolute atomic E-state index is 0.121.